The van der Waals surface area contributed by atoms with E-state index in [-0.39, 0.29) is 5.92 Å². The lowest BCUT2D eigenvalue weighted by Gasteiger charge is -2.09. The minimum Gasteiger partial charge on any atom is -0.481 e. The summed E-state index contributed by atoms with van der Waals surface area (Å²) in [5, 5.41) is 11.9. The average Bonchev–Trinajstić information content (AvgIpc) is 3.16. The highest BCUT2D eigenvalue weighted by Gasteiger charge is 2.62. The molecule has 1 saturated carbocycles. The van der Waals surface area contributed by atoms with Gasteiger partial charge in [0.15, 0.2) is 0 Å². The van der Waals surface area contributed by atoms with E-state index in [2.05, 4.69) is 9.97 Å². The first-order chi connectivity index (χ1) is 12.1. The monoisotopic (exact) mass is 336 g/mol. The van der Waals surface area contributed by atoms with Crippen molar-refractivity contribution in [2.75, 3.05) is 6.54 Å². The molecule has 0 aliphatic heterocycles. The molecular weight excluding hydrogens is 316 g/mol. The van der Waals surface area contributed by atoms with Gasteiger partial charge < -0.3 is 10.8 Å². The second-order valence-electron chi connectivity index (χ2n) is 6.66. The number of fused-ring (bicyclic) bond motifs is 1. The fourth-order valence-electron chi connectivity index (χ4n) is 3.62. The van der Waals surface area contributed by atoms with Gasteiger partial charge in [0.1, 0.15) is 17.6 Å². The number of carboxylic acids is 1. The van der Waals surface area contributed by atoms with Gasteiger partial charge in [-0.2, -0.15) is 0 Å². The smallest absolute Gasteiger partial charge is 0.316 e. The number of imidazole rings is 1. The van der Waals surface area contributed by atoms with Gasteiger partial charge in [0.05, 0.1) is 5.69 Å². The Hall–Kier alpha value is -2.73. The zero-order chi connectivity index (χ0) is 17.4. The summed E-state index contributed by atoms with van der Waals surface area (Å²) in [7, 11) is 0. The molecule has 2 aromatic heterocycles. The third kappa shape index (κ3) is 2.59. The number of hydrogen-bond acceptors (Lipinski definition) is 4. The van der Waals surface area contributed by atoms with Gasteiger partial charge in [-0.15, -0.1) is 0 Å². The predicted molar refractivity (Wildman–Crippen MR) is 94.6 cm³/mol. The average molecular weight is 336 g/mol. The Bertz CT molecular complexity index is 936. The Labute approximate surface area is 145 Å². The van der Waals surface area contributed by atoms with Crippen LogP contribution in [0.5, 0.6) is 0 Å². The molecule has 0 amide bonds. The van der Waals surface area contributed by atoms with Crippen molar-refractivity contribution in [3.63, 3.8) is 0 Å². The molecule has 0 saturated heterocycles. The first-order valence-electron chi connectivity index (χ1n) is 8.48. The van der Waals surface area contributed by atoms with Gasteiger partial charge in [-0.25, -0.2) is 9.97 Å². The van der Waals surface area contributed by atoms with Gasteiger partial charge in [0, 0.05) is 17.8 Å². The SMILES string of the molecule is NCCC[C@@H]1C[C@@]1(C(=O)O)c1cn(-c2cc3ccccc3cn2)cn1. The number of rotatable bonds is 6. The molecule has 0 spiro atoms. The van der Waals surface area contributed by atoms with Gasteiger partial charge in [-0.3, -0.25) is 9.36 Å². The van der Waals surface area contributed by atoms with E-state index in [1.165, 1.54) is 0 Å². The lowest BCUT2D eigenvalue weighted by Crippen LogP contribution is -2.23. The van der Waals surface area contributed by atoms with Crippen molar-refractivity contribution in [1.29, 1.82) is 0 Å². The van der Waals surface area contributed by atoms with E-state index in [9.17, 15) is 9.90 Å². The van der Waals surface area contributed by atoms with Crippen LogP contribution in [0.4, 0.5) is 0 Å². The topological polar surface area (TPSA) is 94.0 Å². The second-order valence-corrected chi connectivity index (χ2v) is 6.66. The number of nitrogens with zero attached hydrogens (tertiary/aromatic N) is 3. The Morgan fingerprint density at radius 1 is 1.32 bits per heavy atom. The van der Waals surface area contributed by atoms with Gasteiger partial charge in [0.2, 0.25) is 0 Å². The second kappa shape index (κ2) is 5.97. The number of aliphatic carboxylic acids is 1. The quantitative estimate of drug-likeness (QED) is 0.721. The highest BCUT2D eigenvalue weighted by Crippen LogP contribution is 2.56. The maximum Gasteiger partial charge on any atom is 0.316 e. The van der Waals surface area contributed by atoms with Crippen LogP contribution in [0.3, 0.4) is 0 Å². The standard InChI is InChI=1S/C19H20N4O2/c20-7-3-6-15-9-19(15,18(24)25)16-11-23(12-22-16)17-8-13-4-1-2-5-14(13)10-21-17/h1-2,4-5,8,10-12,15H,3,6-7,9,20H2,(H,24,25)/t15-,19+/m1/s1. The Morgan fingerprint density at radius 2 is 2.12 bits per heavy atom. The van der Waals surface area contributed by atoms with Crippen LogP contribution >= 0.6 is 0 Å². The molecule has 6 nitrogen and oxygen atoms in total. The normalized spacial score (nSPS) is 22.2. The fourth-order valence-corrected chi connectivity index (χ4v) is 3.62. The molecule has 1 fully saturated rings. The lowest BCUT2D eigenvalue weighted by molar-refractivity contribution is -0.140. The van der Waals surface area contributed by atoms with E-state index in [1.807, 2.05) is 36.5 Å². The maximum absolute atomic E-state index is 11.9. The maximum atomic E-state index is 11.9. The van der Waals surface area contributed by atoms with Crippen LogP contribution in [-0.2, 0) is 10.2 Å². The molecule has 3 aromatic rings. The minimum atomic E-state index is -0.864. The first-order valence-corrected chi connectivity index (χ1v) is 8.48. The molecule has 0 bridgehead atoms. The van der Waals surface area contributed by atoms with Crippen molar-refractivity contribution in [3.05, 3.63) is 54.7 Å². The summed E-state index contributed by atoms with van der Waals surface area (Å²) in [4.78, 5) is 20.7. The number of carboxylic acid groups (broad SMARTS) is 1. The number of pyridine rings is 1. The summed E-state index contributed by atoms with van der Waals surface area (Å²) in [6.07, 6.45) is 7.56. The Kier molecular flexibility index (Phi) is 3.77. The van der Waals surface area contributed by atoms with E-state index in [0.29, 0.717) is 18.7 Å². The molecule has 6 heteroatoms. The molecule has 2 atom stereocenters. The number of benzene rings is 1. The first kappa shape index (κ1) is 15.8. The van der Waals surface area contributed by atoms with Crippen molar-refractivity contribution in [1.82, 2.24) is 14.5 Å². The molecule has 0 radical (unpaired) electrons. The van der Waals surface area contributed by atoms with Gasteiger partial charge in [-0.1, -0.05) is 24.3 Å². The minimum absolute atomic E-state index is 0.112. The summed E-state index contributed by atoms with van der Waals surface area (Å²) in [5.74, 6) is 0.0462. The van der Waals surface area contributed by atoms with Crippen molar-refractivity contribution >= 4 is 16.7 Å². The van der Waals surface area contributed by atoms with Gasteiger partial charge in [0.25, 0.3) is 0 Å². The number of nitrogens with two attached hydrogens (primary N) is 1. The van der Waals surface area contributed by atoms with Gasteiger partial charge >= 0.3 is 5.97 Å². The number of hydrogen-bond donors (Lipinski definition) is 2. The van der Waals surface area contributed by atoms with E-state index < -0.39 is 11.4 Å². The van der Waals surface area contributed by atoms with Crippen LogP contribution in [0.2, 0.25) is 0 Å². The molecule has 0 unspecified atom stereocenters. The summed E-state index contributed by atoms with van der Waals surface area (Å²) >= 11 is 0. The van der Waals surface area contributed by atoms with E-state index >= 15 is 0 Å². The van der Waals surface area contributed by atoms with Crippen LogP contribution in [0.15, 0.2) is 49.1 Å². The van der Waals surface area contributed by atoms with Crippen LogP contribution in [0.25, 0.3) is 16.6 Å². The number of carbonyl (C=O) groups is 1. The molecule has 4 rings (SSSR count). The zero-order valence-corrected chi connectivity index (χ0v) is 13.8. The van der Waals surface area contributed by atoms with Crippen molar-refractivity contribution in [2.24, 2.45) is 11.7 Å². The summed E-state index contributed by atoms with van der Waals surface area (Å²) < 4.78 is 1.80. The van der Waals surface area contributed by atoms with Crippen molar-refractivity contribution in [2.45, 2.75) is 24.7 Å². The summed E-state index contributed by atoms with van der Waals surface area (Å²) in [6.45, 7) is 0.585. The van der Waals surface area contributed by atoms with Crippen molar-refractivity contribution in [3.8, 4) is 5.82 Å². The number of aromatic nitrogens is 3. The molecule has 2 heterocycles. The zero-order valence-electron chi connectivity index (χ0n) is 13.8. The van der Waals surface area contributed by atoms with Crippen LogP contribution in [0, 0.1) is 5.92 Å². The molecule has 1 aliphatic rings. The van der Waals surface area contributed by atoms with Crippen LogP contribution in [0.1, 0.15) is 25.0 Å². The Morgan fingerprint density at radius 3 is 2.88 bits per heavy atom. The van der Waals surface area contributed by atoms with E-state index in [1.54, 1.807) is 17.1 Å². The predicted octanol–water partition coefficient (Wildman–Crippen LogP) is 2.50. The van der Waals surface area contributed by atoms with Crippen LogP contribution in [-0.4, -0.2) is 32.2 Å². The van der Waals surface area contributed by atoms with Gasteiger partial charge in [-0.05, 0) is 43.2 Å². The van der Waals surface area contributed by atoms with Crippen LogP contribution < -0.4 is 5.73 Å². The van der Waals surface area contributed by atoms with E-state index in [4.69, 9.17) is 5.73 Å². The molecule has 1 aliphatic carbocycles. The highest BCUT2D eigenvalue weighted by atomic mass is 16.4. The molecular formula is C19H20N4O2. The molecule has 128 valence electrons. The third-order valence-corrected chi connectivity index (χ3v) is 5.16. The Balaban J connectivity index is 1.66. The molecule has 1 aromatic carbocycles. The largest absolute Gasteiger partial charge is 0.481 e. The third-order valence-electron chi connectivity index (χ3n) is 5.16. The summed E-state index contributed by atoms with van der Waals surface area (Å²) in [5.41, 5.74) is 5.30. The van der Waals surface area contributed by atoms with E-state index in [0.717, 1.165) is 29.4 Å². The molecule has 25 heavy (non-hydrogen) atoms. The fraction of sp³-hybridized carbons (Fsp3) is 0.316. The summed E-state index contributed by atoms with van der Waals surface area (Å²) in [6, 6.07) is 9.98. The molecule has 3 N–H and O–H groups in total. The lowest BCUT2D eigenvalue weighted by atomic mass is 9.98. The highest BCUT2D eigenvalue weighted by molar-refractivity contribution is 5.85. The van der Waals surface area contributed by atoms with Crippen molar-refractivity contribution < 1.29 is 9.90 Å².